The maximum atomic E-state index is 13.2. The molecule has 6 nitrogen and oxygen atoms in total. The van der Waals surface area contributed by atoms with E-state index in [2.05, 4.69) is 13.8 Å². The number of hydrogen-bond acceptors (Lipinski definition) is 5. The smallest absolute Gasteiger partial charge is 0.258 e. The Morgan fingerprint density at radius 3 is 2.18 bits per heavy atom. The second kappa shape index (κ2) is 8.20. The third-order valence-corrected chi connectivity index (χ3v) is 7.55. The van der Waals surface area contributed by atoms with Crippen LogP contribution in [0.15, 0.2) is 82.7 Å². The maximum Gasteiger partial charge on any atom is 0.269 e. The van der Waals surface area contributed by atoms with Crippen molar-refractivity contribution in [2.24, 2.45) is 5.92 Å². The Morgan fingerprint density at radius 1 is 0.964 bits per heavy atom. The van der Waals surface area contributed by atoms with Crippen LogP contribution in [0.3, 0.4) is 0 Å². The molecule has 0 radical (unpaired) electrons. The van der Waals surface area contributed by atoms with Crippen LogP contribution in [0.2, 0.25) is 0 Å². The van der Waals surface area contributed by atoms with Crippen molar-refractivity contribution in [2.45, 2.75) is 28.9 Å². The molecule has 0 fully saturated rings. The van der Waals surface area contributed by atoms with Crippen LogP contribution in [0.1, 0.15) is 24.8 Å². The summed E-state index contributed by atoms with van der Waals surface area (Å²) in [6.45, 7) is 4.10. The Bertz CT molecular complexity index is 1060. The number of benzene rings is 2. The monoisotopic (exact) mass is 416 g/mol. The predicted octanol–water partition coefficient (Wildman–Crippen LogP) is 5.12. The zero-order valence-corrected chi connectivity index (χ0v) is 17.1. The molecule has 0 spiro atoms. The van der Waals surface area contributed by atoms with E-state index in [4.69, 9.17) is 0 Å². The highest BCUT2D eigenvalue weighted by Gasteiger charge is 2.27. The van der Waals surface area contributed by atoms with E-state index in [1.165, 1.54) is 34.4 Å². The first-order valence-corrected chi connectivity index (χ1v) is 11.0. The number of non-ortho nitro benzene ring substituents is 1. The molecule has 0 unspecified atom stereocenters. The van der Waals surface area contributed by atoms with Gasteiger partial charge in [-0.1, -0.05) is 32.0 Å². The molecule has 0 aliphatic heterocycles. The van der Waals surface area contributed by atoms with Crippen molar-refractivity contribution in [1.82, 2.24) is 3.97 Å². The fourth-order valence-electron chi connectivity index (χ4n) is 2.86. The highest BCUT2D eigenvalue weighted by atomic mass is 32.2. The molecule has 8 heteroatoms. The van der Waals surface area contributed by atoms with Gasteiger partial charge >= 0.3 is 0 Å². The molecular formula is C20H20N2O4S2. The number of aromatic nitrogens is 1. The van der Waals surface area contributed by atoms with Gasteiger partial charge in [-0.15, -0.1) is 11.8 Å². The summed E-state index contributed by atoms with van der Waals surface area (Å²) in [4.78, 5) is 11.4. The average molecular weight is 417 g/mol. The van der Waals surface area contributed by atoms with E-state index in [-0.39, 0.29) is 21.8 Å². The Kier molecular flexibility index (Phi) is 5.90. The Labute approximate surface area is 168 Å². The van der Waals surface area contributed by atoms with Gasteiger partial charge in [0.15, 0.2) is 0 Å². The standard InChI is InChI=1S/C20H20N2O4S2/c1-15(2)20(27-17-7-4-3-5-8-17)19-9-6-14-21(19)28(25,26)18-12-10-16(11-13-18)22(23)24/h3-15,20H,1-2H3/t20-/m1/s1. The zero-order chi connectivity index (χ0) is 20.3. The van der Waals surface area contributed by atoms with Crippen LogP contribution in [-0.2, 0) is 10.0 Å². The van der Waals surface area contributed by atoms with Crippen molar-refractivity contribution >= 4 is 27.5 Å². The lowest BCUT2D eigenvalue weighted by molar-refractivity contribution is -0.384. The molecule has 0 saturated heterocycles. The van der Waals surface area contributed by atoms with Gasteiger partial charge in [0.2, 0.25) is 0 Å². The SMILES string of the molecule is CC(C)[C@@H](Sc1ccccc1)c1cccn1S(=O)(=O)c1ccc([N+](=O)[O-])cc1. The minimum absolute atomic E-state index is 0.0165. The average Bonchev–Trinajstić information content (AvgIpc) is 3.17. The van der Waals surface area contributed by atoms with Crippen molar-refractivity contribution in [1.29, 1.82) is 0 Å². The molecule has 0 aliphatic carbocycles. The van der Waals surface area contributed by atoms with Crippen molar-refractivity contribution in [3.05, 3.63) is 88.7 Å². The van der Waals surface area contributed by atoms with Crippen LogP contribution >= 0.6 is 11.8 Å². The molecule has 0 aliphatic rings. The lowest BCUT2D eigenvalue weighted by Crippen LogP contribution is -2.18. The summed E-state index contributed by atoms with van der Waals surface area (Å²) in [6, 6.07) is 18.3. The summed E-state index contributed by atoms with van der Waals surface area (Å²) >= 11 is 1.61. The summed E-state index contributed by atoms with van der Waals surface area (Å²) in [5.74, 6) is 0.186. The van der Waals surface area contributed by atoms with E-state index < -0.39 is 14.9 Å². The molecule has 3 rings (SSSR count). The van der Waals surface area contributed by atoms with Gasteiger partial charge in [0.1, 0.15) is 0 Å². The summed E-state index contributed by atoms with van der Waals surface area (Å²) in [5.41, 5.74) is 0.522. The predicted molar refractivity (Wildman–Crippen MR) is 110 cm³/mol. The molecule has 146 valence electrons. The molecule has 1 aromatic heterocycles. The van der Waals surface area contributed by atoms with E-state index >= 15 is 0 Å². The molecule has 28 heavy (non-hydrogen) atoms. The van der Waals surface area contributed by atoms with Crippen molar-refractivity contribution < 1.29 is 13.3 Å². The Hall–Kier alpha value is -2.58. The van der Waals surface area contributed by atoms with Gasteiger partial charge in [-0.25, -0.2) is 12.4 Å². The fourth-order valence-corrected chi connectivity index (χ4v) is 5.50. The van der Waals surface area contributed by atoms with Gasteiger partial charge in [0, 0.05) is 28.9 Å². The molecule has 0 amide bonds. The third-order valence-electron chi connectivity index (χ3n) is 4.25. The first kappa shape index (κ1) is 20.2. The number of hydrogen-bond donors (Lipinski definition) is 0. The molecular weight excluding hydrogens is 396 g/mol. The minimum Gasteiger partial charge on any atom is -0.258 e. The summed E-state index contributed by atoms with van der Waals surface area (Å²) < 4.78 is 27.6. The Morgan fingerprint density at radius 2 is 1.61 bits per heavy atom. The molecule has 0 saturated carbocycles. The summed E-state index contributed by atoms with van der Waals surface area (Å²) in [5, 5.41) is 10.8. The largest absolute Gasteiger partial charge is 0.269 e. The topological polar surface area (TPSA) is 82.2 Å². The van der Waals surface area contributed by atoms with E-state index in [0.717, 1.165) is 4.90 Å². The molecule has 1 atom stereocenters. The van der Waals surface area contributed by atoms with Gasteiger partial charge in [-0.05, 0) is 42.3 Å². The zero-order valence-electron chi connectivity index (χ0n) is 15.4. The highest BCUT2D eigenvalue weighted by molar-refractivity contribution is 7.99. The number of rotatable bonds is 7. The van der Waals surface area contributed by atoms with E-state index in [1.807, 2.05) is 36.4 Å². The second-order valence-electron chi connectivity index (χ2n) is 6.58. The fraction of sp³-hybridized carbons (Fsp3) is 0.200. The van der Waals surface area contributed by atoms with Crippen LogP contribution in [0.5, 0.6) is 0 Å². The van der Waals surface area contributed by atoms with Crippen LogP contribution < -0.4 is 0 Å². The normalized spacial score (nSPS) is 12.8. The van der Waals surface area contributed by atoms with Crippen molar-refractivity contribution in [3.63, 3.8) is 0 Å². The molecule has 0 bridgehead atoms. The lowest BCUT2D eigenvalue weighted by Gasteiger charge is -2.22. The van der Waals surface area contributed by atoms with E-state index in [1.54, 1.807) is 17.8 Å². The first-order chi connectivity index (χ1) is 13.3. The third kappa shape index (κ3) is 4.13. The maximum absolute atomic E-state index is 13.2. The van der Waals surface area contributed by atoms with Gasteiger partial charge in [-0.3, -0.25) is 10.1 Å². The van der Waals surface area contributed by atoms with Gasteiger partial charge in [0.25, 0.3) is 15.7 Å². The van der Waals surface area contributed by atoms with Gasteiger partial charge in [-0.2, -0.15) is 0 Å². The number of thioether (sulfide) groups is 1. The second-order valence-corrected chi connectivity index (χ2v) is 9.61. The minimum atomic E-state index is -3.86. The molecule has 0 N–H and O–H groups in total. The quantitative estimate of drug-likeness (QED) is 0.303. The highest BCUT2D eigenvalue weighted by Crippen LogP contribution is 2.41. The van der Waals surface area contributed by atoms with Gasteiger partial charge < -0.3 is 0 Å². The van der Waals surface area contributed by atoms with E-state index in [9.17, 15) is 18.5 Å². The number of nitrogens with zero attached hydrogens (tertiary/aromatic N) is 2. The molecule has 1 heterocycles. The summed E-state index contributed by atoms with van der Waals surface area (Å²) in [6.07, 6.45) is 1.52. The van der Waals surface area contributed by atoms with Crippen LogP contribution in [0, 0.1) is 16.0 Å². The summed E-state index contributed by atoms with van der Waals surface area (Å²) in [7, 11) is -3.86. The van der Waals surface area contributed by atoms with Crippen LogP contribution in [0.25, 0.3) is 0 Å². The van der Waals surface area contributed by atoms with Crippen LogP contribution in [0.4, 0.5) is 5.69 Å². The molecule has 3 aromatic rings. The van der Waals surface area contributed by atoms with Crippen molar-refractivity contribution in [2.75, 3.05) is 0 Å². The number of nitro benzene ring substituents is 1. The van der Waals surface area contributed by atoms with Crippen LogP contribution in [-0.4, -0.2) is 17.3 Å². The Balaban J connectivity index is 1.99. The van der Waals surface area contributed by atoms with E-state index in [0.29, 0.717) is 5.69 Å². The lowest BCUT2D eigenvalue weighted by atomic mass is 10.1. The van der Waals surface area contributed by atoms with Gasteiger partial charge in [0.05, 0.1) is 15.1 Å². The first-order valence-electron chi connectivity index (χ1n) is 8.69. The number of nitro groups is 1. The molecule has 2 aromatic carbocycles. The van der Waals surface area contributed by atoms with Crippen molar-refractivity contribution in [3.8, 4) is 0 Å².